The number of carbonyl (C=O) groups is 1. The van der Waals surface area contributed by atoms with E-state index < -0.39 is 5.97 Å². The lowest BCUT2D eigenvalue weighted by atomic mass is 10.0. The smallest absolute Gasteiger partial charge is 0.305 e. The summed E-state index contributed by atoms with van der Waals surface area (Å²) in [4.78, 5) is 10.4. The second-order valence-corrected chi connectivity index (χ2v) is 3.85. The summed E-state index contributed by atoms with van der Waals surface area (Å²) in [6.45, 7) is 9.55. The third kappa shape index (κ3) is 5.75. The summed E-state index contributed by atoms with van der Waals surface area (Å²) in [6, 6.07) is 0. The minimum atomic E-state index is -0.821. The highest BCUT2D eigenvalue weighted by atomic mass is 16.5. The number of hydrogen-bond donors (Lipinski definition) is 1. The SMILES string of the molecule is C=CCC(OC(C)CC(=O)O)C(C)C. The molecule has 0 spiro atoms. The number of carboxylic acid groups (broad SMARTS) is 1. The van der Waals surface area contributed by atoms with Crippen LogP contribution >= 0.6 is 0 Å². The standard InChI is InChI=1S/C11H20O3/c1-5-6-10(8(2)3)14-9(4)7-11(12)13/h5,8-10H,1,6-7H2,2-4H3,(H,12,13). The van der Waals surface area contributed by atoms with Gasteiger partial charge in [0.05, 0.1) is 18.6 Å². The lowest BCUT2D eigenvalue weighted by Gasteiger charge is -2.23. The Morgan fingerprint density at radius 2 is 2.07 bits per heavy atom. The van der Waals surface area contributed by atoms with E-state index in [1.165, 1.54) is 0 Å². The molecule has 0 aliphatic heterocycles. The van der Waals surface area contributed by atoms with E-state index in [0.717, 1.165) is 6.42 Å². The molecule has 82 valence electrons. The van der Waals surface area contributed by atoms with Crippen LogP contribution in [0.1, 0.15) is 33.6 Å². The fraction of sp³-hybridized carbons (Fsp3) is 0.727. The molecule has 0 fully saturated rings. The van der Waals surface area contributed by atoms with E-state index in [-0.39, 0.29) is 18.6 Å². The fourth-order valence-electron chi connectivity index (χ4n) is 1.24. The van der Waals surface area contributed by atoms with Crippen LogP contribution < -0.4 is 0 Å². The molecular weight excluding hydrogens is 180 g/mol. The van der Waals surface area contributed by atoms with Gasteiger partial charge >= 0.3 is 5.97 Å². The van der Waals surface area contributed by atoms with E-state index >= 15 is 0 Å². The molecular formula is C11H20O3. The Kier molecular flexibility index (Phi) is 6.21. The van der Waals surface area contributed by atoms with E-state index in [2.05, 4.69) is 20.4 Å². The number of hydrogen-bond acceptors (Lipinski definition) is 2. The highest BCUT2D eigenvalue weighted by Crippen LogP contribution is 2.14. The Bertz CT molecular complexity index is 187. The lowest BCUT2D eigenvalue weighted by molar-refractivity contribution is -0.141. The molecule has 0 aromatic heterocycles. The van der Waals surface area contributed by atoms with Gasteiger partial charge in [-0.3, -0.25) is 4.79 Å². The maximum absolute atomic E-state index is 10.4. The summed E-state index contributed by atoms with van der Waals surface area (Å²) >= 11 is 0. The van der Waals surface area contributed by atoms with Gasteiger partial charge in [-0.15, -0.1) is 6.58 Å². The van der Waals surface area contributed by atoms with Crippen LogP contribution in [-0.4, -0.2) is 23.3 Å². The van der Waals surface area contributed by atoms with Crippen molar-refractivity contribution in [2.45, 2.75) is 45.8 Å². The Morgan fingerprint density at radius 3 is 2.43 bits per heavy atom. The van der Waals surface area contributed by atoms with Gasteiger partial charge in [-0.2, -0.15) is 0 Å². The topological polar surface area (TPSA) is 46.5 Å². The molecule has 2 atom stereocenters. The molecule has 2 unspecified atom stereocenters. The first-order chi connectivity index (χ1) is 6.47. The third-order valence-corrected chi connectivity index (χ3v) is 2.01. The molecule has 0 aromatic rings. The quantitative estimate of drug-likeness (QED) is 0.642. The van der Waals surface area contributed by atoms with Gasteiger partial charge in [-0.05, 0) is 19.3 Å². The molecule has 0 heterocycles. The van der Waals surface area contributed by atoms with Crippen LogP contribution in [-0.2, 0) is 9.53 Å². The largest absolute Gasteiger partial charge is 0.481 e. The molecule has 0 aromatic carbocycles. The van der Waals surface area contributed by atoms with Gasteiger partial charge in [-0.25, -0.2) is 0 Å². The highest BCUT2D eigenvalue weighted by Gasteiger charge is 2.17. The lowest BCUT2D eigenvalue weighted by Crippen LogP contribution is -2.26. The second kappa shape index (κ2) is 6.60. The van der Waals surface area contributed by atoms with Crippen LogP contribution in [0.5, 0.6) is 0 Å². The summed E-state index contributed by atoms with van der Waals surface area (Å²) in [5, 5.41) is 8.57. The van der Waals surface area contributed by atoms with Gasteiger partial charge < -0.3 is 9.84 Å². The van der Waals surface area contributed by atoms with Crippen molar-refractivity contribution in [1.82, 2.24) is 0 Å². The van der Waals surface area contributed by atoms with Gasteiger partial charge in [0.1, 0.15) is 0 Å². The van der Waals surface area contributed by atoms with Gasteiger partial charge in [0.25, 0.3) is 0 Å². The van der Waals surface area contributed by atoms with Crippen LogP contribution in [0.15, 0.2) is 12.7 Å². The van der Waals surface area contributed by atoms with Gasteiger partial charge in [0, 0.05) is 0 Å². The highest BCUT2D eigenvalue weighted by molar-refractivity contribution is 5.67. The Balaban J connectivity index is 4.01. The van der Waals surface area contributed by atoms with Crippen molar-refractivity contribution < 1.29 is 14.6 Å². The zero-order valence-electron chi connectivity index (χ0n) is 9.19. The van der Waals surface area contributed by atoms with E-state index in [1.54, 1.807) is 13.0 Å². The van der Waals surface area contributed by atoms with Crippen molar-refractivity contribution in [3.63, 3.8) is 0 Å². The summed E-state index contributed by atoms with van der Waals surface area (Å²) in [5.41, 5.74) is 0. The minimum Gasteiger partial charge on any atom is -0.481 e. The van der Waals surface area contributed by atoms with Gasteiger partial charge in [0.15, 0.2) is 0 Å². The zero-order valence-corrected chi connectivity index (χ0v) is 9.19. The van der Waals surface area contributed by atoms with E-state index in [0.29, 0.717) is 5.92 Å². The van der Waals surface area contributed by atoms with Crippen LogP contribution in [0, 0.1) is 5.92 Å². The molecule has 0 rings (SSSR count). The van der Waals surface area contributed by atoms with E-state index in [1.807, 2.05) is 0 Å². The van der Waals surface area contributed by atoms with Crippen molar-refractivity contribution in [2.24, 2.45) is 5.92 Å². The maximum atomic E-state index is 10.4. The van der Waals surface area contributed by atoms with Crippen LogP contribution in [0.4, 0.5) is 0 Å². The van der Waals surface area contributed by atoms with E-state index in [9.17, 15) is 4.79 Å². The van der Waals surface area contributed by atoms with Crippen molar-refractivity contribution in [2.75, 3.05) is 0 Å². The molecule has 0 aliphatic carbocycles. The molecule has 0 aliphatic rings. The fourth-order valence-corrected chi connectivity index (χ4v) is 1.24. The molecule has 0 amide bonds. The Morgan fingerprint density at radius 1 is 1.50 bits per heavy atom. The number of rotatable bonds is 7. The summed E-state index contributed by atoms with van der Waals surface area (Å²) in [7, 11) is 0. The van der Waals surface area contributed by atoms with Gasteiger partial charge in [-0.1, -0.05) is 19.9 Å². The summed E-state index contributed by atoms with van der Waals surface area (Å²) in [6.07, 6.45) is 2.46. The Labute approximate surface area is 85.8 Å². The predicted molar refractivity (Wildman–Crippen MR) is 56.2 cm³/mol. The zero-order chi connectivity index (χ0) is 11.1. The molecule has 0 bridgehead atoms. The molecule has 14 heavy (non-hydrogen) atoms. The van der Waals surface area contributed by atoms with E-state index in [4.69, 9.17) is 9.84 Å². The summed E-state index contributed by atoms with van der Waals surface area (Å²) in [5.74, 6) is -0.442. The van der Waals surface area contributed by atoms with Crippen LogP contribution in [0.2, 0.25) is 0 Å². The van der Waals surface area contributed by atoms with Crippen molar-refractivity contribution >= 4 is 5.97 Å². The Hall–Kier alpha value is -0.830. The minimum absolute atomic E-state index is 0.0559. The molecule has 0 radical (unpaired) electrons. The molecule has 0 saturated heterocycles. The summed E-state index contributed by atoms with van der Waals surface area (Å²) < 4.78 is 5.61. The first-order valence-corrected chi connectivity index (χ1v) is 4.95. The second-order valence-electron chi connectivity index (χ2n) is 3.85. The average Bonchev–Trinajstić information content (AvgIpc) is 2.01. The normalized spacial score (nSPS) is 15.1. The maximum Gasteiger partial charge on any atom is 0.305 e. The first kappa shape index (κ1) is 13.2. The van der Waals surface area contributed by atoms with Crippen LogP contribution in [0.3, 0.4) is 0 Å². The van der Waals surface area contributed by atoms with Crippen molar-refractivity contribution in [3.8, 4) is 0 Å². The molecule has 1 N–H and O–H groups in total. The van der Waals surface area contributed by atoms with Gasteiger partial charge in [0.2, 0.25) is 0 Å². The molecule has 0 saturated carbocycles. The average molecular weight is 200 g/mol. The van der Waals surface area contributed by atoms with Crippen LogP contribution in [0.25, 0.3) is 0 Å². The molecule has 3 heteroatoms. The number of ether oxygens (including phenoxy) is 1. The van der Waals surface area contributed by atoms with Crippen molar-refractivity contribution in [1.29, 1.82) is 0 Å². The monoisotopic (exact) mass is 200 g/mol. The number of aliphatic carboxylic acids is 1. The predicted octanol–water partition coefficient (Wildman–Crippen LogP) is 2.47. The first-order valence-electron chi connectivity index (χ1n) is 4.95. The van der Waals surface area contributed by atoms with Crippen molar-refractivity contribution in [3.05, 3.63) is 12.7 Å². The third-order valence-electron chi connectivity index (χ3n) is 2.01. The molecule has 3 nitrogen and oxygen atoms in total. The number of carboxylic acids is 1.